The van der Waals surface area contributed by atoms with Crippen molar-refractivity contribution in [1.29, 1.82) is 0 Å². The first-order valence-electron chi connectivity index (χ1n) is 22.6. The molecule has 1 atom stereocenters. The van der Waals surface area contributed by atoms with Gasteiger partial charge in [0.15, 0.2) is 8.32 Å². The van der Waals surface area contributed by atoms with E-state index < -0.39 is 26.1 Å². The van der Waals surface area contributed by atoms with Crippen LogP contribution in [0.15, 0.2) is 108 Å². The number of phenolic OH excluding ortho intramolecular Hbond substituents is 1. The zero-order valence-corrected chi connectivity index (χ0v) is 40.1. The summed E-state index contributed by atoms with van der Waals surface area (Å²) in [5.41, 5.74) is 5.09. The zero-order valence-electron chi connectivity index (χ0n) is 39.1. The van der Waals surface area contributed by atoms with Crippen molar-refractivity contribution in [3.8, 4) is 22.6 Å². The molecule has 1 aliphatic rings. The number of aromatic hydroxyl groups is 1. The van der Waals surface area contributed by atoms with Crippen LogP contribution in [0.2, 0.25) is 18.1 Å². The average molecular weight is 903 g/mol. The molecule has 5 aromatic rings. The number of aromatic amines is 1. The highest BCUT2D eigenvalue weighted by Crippen LogP contribution is 2.41. The molecule has 0 aliphatic heterocycles. The number of hydrogen-bond acceptors (Lipinski definition) is 9. The third-order valence-electron chi connectivity index (χ3n) is 12.0. The molecule has 0 radical (unpaired) electrons. The lowest BCUT2D eigenvalue weighted by molar-refractivity contribution is 0.0440. The van der Waals surface area contributed by atoms with Crippen molar-refractivity contribution in [3.05, 3.63) is 130 Å². The van der Waals surface area contributed by atoms with Gasteiger partial charge in [0.2, 0.25) is 5.56 Å². The second-order valence-electron chi connectivity index (χ2n) is 19.3. The quantitative estimate of drug-likeness (QED) is 0.0480. The number of carbonyl (C=O) groups excluding carboxylic acids is 2. The lowest BCUT2D eigenvalue weighted by Gasteiger charge is -2.39. The Morgan fingerprint density at radius 2 is 1.60 bits per heavy atom. The Hall–Kier alpha value is -5.89. The highest BCUT2D eigenvalue weighted by molar-refractivity contribution is 6.74. The average Bonchev–Trinajstić information content (AvgIpc) is 3.24. The van der Waals surface area contributed by atoms with Gasteiger partial charge in [-0.2, -0.15) is 0 Å². The highest BCUT2D eigenvalue weighted by atomic mass is 28.4. The number of pyridine rings is 1. The number of rotatable bonds is 16. The van der Waals surface area contributed by atoms with Crippen molar-refractivity contribution in [2.75, 3.05) is 18.5 Å². The number of benzene rings is 4. The van der Waals surface area contributed by atoms with Crippen LogP contribution < -0.4 is 26.2 Å². The zero-order chi connectivity index (χ0) is 46.8. The van der Waals surface area contributed by atoms with Crippen molar-refractivity contribution < 1.29 is 33.3 Å². The smallest absolute Gasteiger partial charge is 0.411 e. The summed E-state index contributed by atoms with van der Waals surface area (Å²) in [4.78, 5) is 40.2. The summed E-state index contributed by atoms with van der Waals surface area (Å²) in [6, 6.07) is 30.6. The first-order chi connectivity index (χ1) is 30.8. The summed E-state index contributed by atoms with van der Waals surface area (Å²) in [6.07, 6.45) is 6.07. The number of ether oxygens (including phenoxy) is 3. The number of aromatic nitrogens is 1. The molecule has 0 spiro atoms. The van der Waals surface area contributed by atoms with E-state index in [1.54, 1.807) is 12.1 Å². The molecule has 65 heavy (non-hydrogen) atoms. The van der Waals surface area contributed by atoms with Crippen LogP contribution in [0, 0.1) is 0 Å². The van der Waals surface area contributed by atoms with Gasteiger partial charge in [-0.1, -0.05) is 87.5 Å². The summed E-state index contributed by atoms with van der Waals surface area (Å²) in [5, 5.41) is 20.8. The normalized spacial score (nSPS) is 16.2. The van der Waals surface area contributed by atoms with Gasteiger partial charge >= 0.3 is 12.2 Å². The van der Waals surface area contributed by atoms with Crippen LogP contribution in [0.5, 0.6) is 11.5 Å². The van der Waals surface area contributed by atoms with Crippen LogP contribution in [0.25, 0.3) is 28.1 Å². The summed E-state index contributed by atoms with van der Waals surface area (Å²) < 4.78 is 24.2. The molecule has 13 heteroatoms. The van der Waals surface area contributed by atoms with Crippen molar-refractivity contribution in [2.45, 2.75) is 122 Å². The van der Waals surface area contributed by atoms with Crippen molar-refractivity contribution >= 4 is 43.2 Å². The maximum absolute atomic E-state index is 13.1. The Bertz CT molecular complexity index is 2470. The number of hydrogen-bond donors (Lipinski definition) is 5. The van der Waals surface area contributed by atoms with Gasteiger partial charge < -0.3 is 39.4 Å². The summed E-state index contributed by atoms with van der Waals surface area (Å²) in [7, 11) is -2.20. The highest BCUT2D eigenvalue weighted by Gasteiger charge is 2.40. The topological polar surface area (TPSA) is 160 Å². The van der Waals surface area contributed by atoms with E-state index in [-0.39, 0.29) is 34.6 Å². The van der Waals surface area contributed by atoms with E-state index >= 15 is 0 Å². The lowest BCUT2D eigenvalue weighted by Crippen LogP contribution is -2.43. The lowest BCUT2D eigenvalue weighted by atomic mass is 9.93. The standard InChI is InChI=1S/C52H66N4O8Si/c1-51(2,3)63-50(60)54-38-20-24-40(25-21-38)62-49(59)55-44-28-19-35(32-43(44)37-15-10-9-11-16-37)14-12-13-31-61-39-22-17-36(18-23-39)33-53-34-46(64-65(7,8)52(4,5)6)41-26-29-45(57)48-42(41)27-30-47(58)56-48/h9-12,14-19,22-23,26-30,32,38,40,46,53,57H,13,20-21,24-25,31,33-34H2,1-8H3,(H,54,60)(H,55,59)(H,56,58)/b14-12+/t38?,40?,46-/m0/s1. The second-order valence-corrected chi connectivity index (χ2v) is 24.0. The number of nitrogens with one attached hydrogen (secondary N) is 4. The minimum atomic E-state index is -2.20. The van der Waals surface area contributed by atoms with Crippen LogP contribution in [0.3, 0.4) is 0 Å². The fourth-order valence-electron chi connectivity index (χ4n) is 7.52. The van der Waals surface area contributed by atoms with E-state index in [0.29, 0.717) is 63.0 Å². The summed E-state index contributed by atoms with van der Waals surface area (Å²) >= 11 is 0. The van der Waals surface area contributed by atoms with Crippen molar-refractivity contribution in [1.82, 2.24) is 15.6 Å². The molecule has 346 valence electrons. The molecule has 4 aromatic carbocycles. The molecule has 2 amide bonds. The number of alkyl carbamates (subject to hydrolysis) is 1. The molecule has 1 fully saturated rings. The first kappa shape index (κ1) is 48.6. The van der Waals surface area contributed by atoms with E-state index in [2.05, 4.69) is 85.2 Å². The number of H-pyrrole nitrogens is 1. The maximum atomic E-state index is 13.1. The monoisotopic (exact) mass is 902 g/mol. The Balaban J connectivity index is 0.993. The molecule has 0 saturated heterocycles. The first-order valence-corrected chi connectivity index (χ1v) is 25.5. The van der Waals surface area contributed by atoms with Crippen LogP contribution in [-0.4, -0.2) is 61.5 Å². The van der Waals surface area contributed by atoms with Gasteiger partial charge in [-0.15, -0.1) is 0 Å². The van der Waals surface area contributed by atoms with Crippen LogP contribution in [0.4, 0.5) is 15.3 Å². The summed E-state index contributed by atoms with van der Waals surface area (Å²) in [6.45, 7) is 18.2. The van der Waals surface area contributed by atoms with Gasteiger partial charge in [0, 0.05) is 36.1 Å². The van der Waals surface area contributed by atoms with Crippen molar-refractivity contribution in [2.24, 2.45) is 0 Å². The molecule has 5 N–H and O–H groups in total. The predicted octanol–water partition coefficient (Wildman–Crippen LogP) is 11.6. The minimum absolute atomic E-state index is 0.0117. The number of fused-ring (bicyclic) bond motifs is 1. The molecule has 0 unspecified atom stereocenters. The number of phenols is 1. The Kier molecular flexibility index (Phi) is 16.0. The minimum Gasteiger partial charge on any atom is -0.506 e. The van der Waals surface area contributed by atoms with Crippen molar-refractivity contribution in [3.63, 3.8) is 0 Å². The molecule has 1 heterocycles. The van der Waals surface area contributed by atoms with Gasteiger partial charge in [0.1, 0.15) is 23.2 Å². The van der Waals surface area contributed by atoms with Crippen LogP contribution in [0.1, 0.15) is 96.4 Å². The van der Waals surface area contributed by atoms with Gasteiger partial charge in [-0.05, 0) is 130 Å². The fourth-order valence-corrected chi connectivity index (χ4v) is 8.80. The molecular weight excluding hydrogens is 837 g/mol. The Morgan fingerprint density at radius 1 is 0.877 bits per heavy atom. The third-order valence-corrected chi connectivity index (χ3v) is 16.5. The molecule has 1 saturated carbocycles. The van der Waals surface area contributed by atoms with E-state index in [9.17, 15) is 19.5 Å². The number of carbonyl (C=O) groups is 2. The Morgan fingerprint density at radius 3 is 2.29 bits per heavy atom. The van der Waals surface area contributed by atoms with Gasteiger partial charge in [0.05, 0.1) is 23.9 Å². The SMILES string of the molecule is CC(C)(C)OC(=O)NC1CCC(OC(=O)Nc2ccc(/C=C/CCOc3ccc(CNC[C@H](O[Si](C)(C)C(C)(C)C)c4ccc(O)c5[nH]c(=O)ccc45)cc3)cc2-c2ccccc2)CC1. The van der Waals surface area contributed by atoms with E-state index in [1.807, 2.05) is 81.4 Å². The van der Waals surface area contributed by atoms with Crippen LogP contribution in [-0.2, 0) is 20.4 Å². The Labute approximate surface area is 384 Å². The van der Waals surface area contributed by atoms with Gasteiger partial charge in [0.25, 0.3) is 0 Å². The number of anilines is 1. The third kappa shape index (κ3) is 14.0. The molecule has 12 nitrogen and oxygen atoms in total. The van der Waals surface area contributed by atoms with E-state index in [0.717, 1.165) is 39.0 Å². The van der Waals surface area contributed by atoms with E-state index in [4.69, 9.17) is 18.6 Å². The van der Waals surface area contributed by atoms with Gasteiger partial charge in [-0.3, -0.25) is 10.1 Å². The van der Waals surface area contributed by atoms with E-state index in [1.165, 1.54) is 6.07 Å². The second kappa shape index (κ2) is 21.4. The predicted molar refractivity (Wildman–Crippen MR) is 262 cm³/mol. The molecular formula is C52H66N4O8Si. The van der Waals surface area contributed by atoms with Crippen LogP contribution >= 0.6 is 0 Å². The maximum Gasteiger partial charge on any atom is 0.411 e. The largest absolute Gasteiger partial charge is 0.506 e. The molecule has 1 aliphatic carbocycles. The molecule has 1 aromatic heterocycles. The van der Waals surface area contributed by atoms with Gasteiger partial charge in [-0.25, -0.2) is 9.59 Å². The number of amides is 2. The fraction of sp³-hybridized carbons (Fsp3) is 0.404. The molecule has 0 bridgehead atoms. The molecule has 6 rings (SSSR count). The summed E-state index contributed by atoms with van der Waals surface area (Å²) in [5.74, 6) is 0.811.